The fourth-order valence-corrected chi connectivity index (χ4v) is 2.23. The molecular formula is C18H31NO2. The van der Waals surface area contributed by atoms with Crippen molar-refractivity contribution in [1.82, 2.24) is 4.90 Å². The smallest absolute Gasteiger partial charge is 0.160 e. The Bertz CT molecular complexity index is 404. The van der Waals surface area contributed by atoms with E-state index in [0.717, 1.165) is 31.5 Å². The summed E-state index contributed by atoms with van der Waals surface area (Å²) in [5.41, 5.74) is 1.19. The highest BCUT2D eigenvalue weighted by atomic mass is 16.5. The third kappa shape index (κ3) is 6.85. The monoisotopic (exact) mass is 293 g/mol. The molecule has 1 rings (SSSR count). The lowest BCUT2D eigenvalue weighted by molar-refractivity contribution is 0.235. The molecule has 0 saturated heterocycles. The van der Waals surface area contributed by atoms with Crippen molar-refractivity contribution in [2.75, 3.05) is 20.2 Å². The summed E-state index contributed by atoms with van der Waals surface area (Å²) in [6.45, 7) is 12.2. The summed E-state index contributed by atoms with van der Waals surface area (Å²) in [5, 5.41) is 9.68. The van der Waals surface area contributed by atoms with Gasteiger partial charge >= 0.3 is 0 Å². The van der Waals surface area contributed by atoms with Gasteiger partial charge in [0, 0.05) is 6.54 Å². The maximum Gasteiger partial charge on any atom is 0.160 e. The molecule has 0 spiro atoms. The van der Waals surface area contributed by atoms with Gasteiger partial charge in [0.1, 0.15) is 0 Å². The largest absolute Gasteiger partial charge is 0.504 e. The number of phenolic OH excluding ortho intramolecular Hbond substituents is 1. The molecule has 3 heteroatoms. The van der Waals surface area contributed by atoms with Crippen LogP contribution in [0.5, 0.6) is 11.5 Å². The summed E-state index contributed by atoms with van der Waals surface area (Å²) in [5.74, 6) is 2.21. The van der Waals surface area contributed by atoms with Gasteiger partial charge in [-0.3, -0.25) is 4.90 Å². The minimum absolute atomic E-state index is 0.206. The average molecular weight is 293 g/mol. The standard InChI is InChI=1S/C18H31NO2/c1-14(2)8-10-19(11-9-15(3)4)13-16-6-7-17(20)18(12-16)21-5/h6-7,12,14-15,20H,8-11,13H2,1-5H3. The van der Waals surface area contributed by atoms with Gasteiger partial charge in [0.15, 0.2) is 11.5 Å². The van der Waals surface area contributed by atoms with Gasteiger partial charge in [0.05, 0.1) is 7.11 Å². The van der Waals surface area contributed by atoms with Crippen molar-refractivity contribution in [3.63, 3.8) is 0 Å². The van der Waals surface area contributed by atoms with Gasteiger partial charge in [-0.1, -0.05) is 33.8 Å². The second kappa shape index (κ2) is 8.93. The van der Waals surface area contributed by atoms with Gasteiger partial charge in [0.25, 0.3) is 0 Å². The van der Waals surface area contributed by atoms with Crippen LogP contribution in [-0.4, -0.2) is 30.2 Å². The van der Waals surface area contributed by atoms with Crippen molar-refractivity contribution in [2.24, 2.45) is 11.8 Å². The second-order valence-corrected chi connectivity index (χ2v) is 6.65. The van der Waals surface area contributed by atoms with E-state index >= 15 is 0 Å². The van der Waals surface area contributed by atoms with Crippen LogP contribution in [0.4, 0.5) is 0 Å². The van der Waals surface area contributed by atoms with Crippen LogP contribution in [0.2, 0.25) is 0 Å². The second-order valence-electron chi connectivity index (χ2n) is 6.65. The Morgan fingerprint density at radius 3 is 2.10 bits per heavy atom. The van der Waals surface area contributed by atoms with Crippen LogP contribution in [0.15, 0.2) is 18.2 Å². The van der Waals surface area contributed by atoms with Gasteiger partial charge in [-0.2, -0.15) is 0 Å². The quantitative estimate of drug-likeness (QED) is 0.737. The Balaban J connectivity index is 2.69. The van der Waals surface area contributed by atoms with Crippen molar-refractivity contribution in [3.05, 3.63) is 23.8 Å². The number of hydrogen-bond acceptors (Lipinski definition) is 3. The minimum atomic E-state index is 0.206. The summed E-state index contributed by atoms with van der Waals surface area (Å²) in [6.07, 6.45) is 2.43. The predicted molar refractivity (Wildman–Crippen MR) is 88.8 cm³/mol. The zero-order valence-corrected chi connectivity index (χ0v) is 14.2. The van der Waals surface area contributed by atoms with E-state index in [0.29, 0.717) is 5.75 Å². The van der Waals surface area contributed by atoms with Crippen molar-refractivity contribution in [3.8, 4) is 11.5 Å². The number of methoxy groups -OCH3 is 1. The molecule has 1 N–H and O–H groups in total. The first-order valence-corrected chi connectivity index (χ1v) is 8.00. The molecule has 1 aromatic rings. The summed E-state index contributed by atoms with van der Waals surface area (Å²) in [4.78, 5) is 2.51. The molecular weight excluding hydrogens is 262 g/mol. The molecule has 0 aliphatic rings. The van der Waals surface area contributed by atoms with E-state index < -0.39 is 0 Å². The third-order valence-corrected chi connectivity index (χ3v) is 3.70. The maximum absolute atomic E-state index is 9.68. The number of rotatable bonds is 9. The molecule has 0 bridgehead atoms. The molecule has 21 heavy (non-hydrogen) atoms. The van der Waals surface area contributed by atoms with Crippen LogP contribution in [0, 0.1) is 11.8 Å². The number of nitrogens with zero attached hydrogens (tertiary/aromatic N) is 1. The molecule has 0 aliphatic heterocycles. The molecule has 0 unspecified atom stereocenters. The Kier molecular flexibility index (Phi) is 7.58. The highest BCUT2D eigenvalue weighted by Gasteiger charge is 2.10. The third-order valence-electron chi connectivity index (χ3n) is 3.70. The lowest BCUT2D eigenvalue weighted by atomic mass is 10.1. The van der Waals surface area contributed by atoms with Gasteiger partial charge in [-0.25, -0.2) is 0 Å². The molecule has 0 radical (unpaired) electrons. The molecule has 0 saturated carbocycles. The van der Waals surface area contributed by atoms with Crippen LogP contribution in [-0.2, 0) is 6.54 Å². The fraction of sp³-hybridized carbons (Fsp3) is 0.667. The molecule has 0 aromatic heterocycles. The zero-order valence-electron chi connectivity index (χ0n) is 14.2. The first-order valence-electron chi connectivity index (χ1n) is 8.00. The topological polar surface area (TPSA) is 32.7 Å². The first kappa shape index (κ1) is 17.8. The molecule has 120 valence electrons. The Morgan fingerprint density at radius 2 is 1.62 bits per heavy atom. The molecule has 0 fully saturated rings. The number of phenols is 1. The molecule has 0 heterocycles. The number of ether oxygens (including phenoxy) is 1. The van der Waals surface area contributed by atoms with Crippen molar-refractivity contribution in [1.29, 1.82) is 0 Å². The molecule has 0 aliphatic carbocycles. The van der Waals surface area contributed by atoms with Crippen molar-refractivity contribution < 1.29 is 9.84 Å². The number of benzene rings is 1. The van der Waals surface area contributed by atoms with E-state index in [-0.39, 0.29) is 5.75 Å². The van der Waals surface area contributed by atoms with Gasteiger partial charge in [-0.05, 0) is 55.5 Å². The van der Waals surface area contributed by atoms with Crippen molar-refractivity contribution in [2.45, 2.75) is 47.1 Å². The maximum atomic E-state index is 9.68. The van der Waals surface area contributed by atoms with Crippen LogP contribution in [0.3, 0.4) is 0 Å². The Hall–Kier alpha value is -1.22. The molecule has 1 aromatic carbocycles. The summed E-state index contributed by atoms with van der Waals surface area (Å²) >= 11 is 0. The minimum Gasteiger partial charge on any atom is -0.504 e. The number of aromatic hydroxyl groups is 1. The summed E-state index contributed by atoms with van der Waals surface area (Å²) < 4.78 is 5.20. The van der Waals surface area contributed by atoms with Crippen molar-refractivity contribution >= 4 is 0 Å². The van der Waals surface area contributed by atoms with E-state index in [4.69, 9.17) is 4.74 Å². The first-order chi connectivity index (χ1) is 9.92. The molecule has 0 amide bonds. The summed E-state index contributed by atoms with van der Waals surface area (Å²) in [7, 11) is 1.59. The highest BCUT2D eigenvalue weighted by Crippen LogP contribution is 2.27. The SMILES string of the molecule is COc1cc(CN(CCC(C)C)CCC(C)C)ccc1O. The van der Waals surface area contributed by atoms with E-state index in [2.05, 4.69) is 32.6 Å². The summed E-state index contributed by atoms with van der Waals surface area (Å²) in [6, 6.07) is 5.64. The lowest BCUT2D eigenvalue weighted by Crippen LogP contribution is -2.27. The van der Waals surface area contributed by atoms with Crippen LogP contribution < -0.4 is 4.74 Å². The van der Waals surface area contributed by atoms with Gasteiger partial charge in [0.2, 0.25) is 0 Å². The van der Waals surface area contributed by atoms with Crippen LogP contribution >= 0.6 is 0 Å². The van der Waals surface area contributed by atoms with Crippen LogP contribution in [0.25, 0.3) is 0 Å². The average Bonchev–Trinajstić information content (AvgIpc) is 2.43. The Labute approximate surface area is 129 Å². The fourth-order valence-electron chi connectivity index (χ4n) is 2.23. The zero-order chi connectivity index (χ0) is 15.8. The van der Waals surface area contributed by atoms with E-state index in [1.54, 1.807) is 13.2 Å². The predicted octanol–water partition coefficient (Wildman–Crippen LogP) is 4.30. The highest BCUT2D eigenvalue weighted by molar-refractivity contribution is 5.41. The van der Waals surface area contributed by atoms with Gasteiger partial charge < -0.3 is 9.84 Å². The molecule has 0 atom stereocenters. The number of hydrogen-bond donors (Lipinski definition) is 1. The normalized spacial score (nSPS) is 11.6. The van der Waals surface area contributed by atoms with E-state index in [9.17, 15) is 5.11 Å². The van der Waals surface area contributed by atoms with E-state index in [1.807, 2.05) is 12.1 Å². The van der Waals surface area contributed by atoms with Crippen LogP contribution in [0.1, 0.15) is 46.1 Å². The van der Waals surface area contributed by atoms with Gasteiger partial charge in [-0.15, -0.1) is 0 Å². The lowest BCUT2D eigenvalue weighted by Gasteiger charge is -2.24. The van der Waals surface area contributed by atoms with E-state index in [1.165, 1.54) is 18.4 Å². The Morgan fingerprint density at radius 1 is 1.05 bits per heavy atom. The molecule has 3 nitrogen and oxygen atoms in total.